The maximum absolute atomic E-state index is 6.03. The van der Waals surface area contributed by atoms with E-state index in [0.717, 1.165) is 6.42 Å². The lowest BCUT2D eigenvalue weighted by Crippen LogP contribution is -2.33. The summed E-state index contributed by atoms with van der Waals surface area (Å²) in [6.45, 7) is 0. The summed E-state index contributed by atoms with van der Waals surface area (Å²) in [5.74, 6) is 1.84. The third kappa shape index (κ3) is 5.46. The van der Waals surface area contributed by atoms with Gasteiger partial charge >= 0.3 is 0 Å². The second-order valence-electron chi connectivity index (χ2n) is 4.09. The first-order valence-corrected chi connectivity index (χ1v) is 7.05. The average molecular weight is 278 g/mol. The molecule has 0 heterocycles. The van der Waals surface area contributed by atoms with Gasteiger partial charge in [0.05, 0.1) is 12.2 Å². The molecule has 3 atom stereocenters. The molecule has 5 heteroatoms. The zero-order valence-corrected chi connectivity index (χ0v) is 12.6. The molecular weight excluding hydrogens is 258 g/mol. The molecule has 1 aromatic carbocycles. The van der Waals surface area contributed by atoms with Gasteiger partial charge in [-0.1, -0.05) is 35.8 Å². The molecule has 2 radical (unpaired) electrons. The average Bonchev–Trinajstić information content (AvgIpc) is 2.45. The molecule has 1 rings (SSSR count). The normalized spacial score (nSPS) is 15.8. The van der Waals surface area contributed by atoms with Crippen molar-refractivity contribution >= 4 is 16.7 Å². The molecule has 3 nitrogen and oxygen atoms in total. The van der Waals surface area contributed by atoms with E-state index in [1.165, 1.54) is 5.56 Å². The predicted molar refractivity (Wildman–Crippen MR) is 80.9 cm³/mol. The van der Waals surface area contributed by atoms with Gasteiger partial charge in [0.2, 0.25) is 0 Å². The van der Waals surface area contributed by atoms with Crippen molar-refractivity contribution in [2.24, 2.45) is 0 Å². The molecule has 0 amide bonds. The van der Waals surface area contributed by atoms with Gasteiger partial charge in [0.1, 0.15) is 7.85 Å². The maximum atomic E-state index is 6.03. The number of hydrogen-bond acceptors (Lipinski definition) is 3. The minimum atomic E-state index is -0.271. The highest BCUT2D eigenvalue weighted by atomic mass is 31.1. The summed E-state index contributed by atoms with van der Waals surface area (Å²) in [6.07, 6.45) is 0.360. The smallest absolute Gasteiger partial charge is 0.111 e. The largest absolute Gasteiger partial charge is 0.378 e. The Morgan fingerprint density at radius 1 is 1.21 bits per heavy atom. The molecule has 102 valence electrons. The SMILES string of the molecule is [B]/C(=C\POC)C(OC)[C@H](Cc1ccccc1)OC. The first-order chi connectivity index (χ1) is 9.22. The molecule has 0 aliphatic rings. The summed E-state index contributed by atoms with van der Waals surface area (Å²) in [5.41, 5.74) is 1.84. The van der Waals surface area contributed by atoms with Gasteiger partial charge in [-0.15, -0.1) is 0 Å². The van der Waals surface area contributed by atoms with Crippen LogP contribution in [-0.4, -0.2) is 41.4 Å². The Bertz CT molecular complexity index is 384. The second kappa shape index (κ2) is 9.27. The molecule has 0 saturated heterocycles. The highest BCUT2D eigenvalue weighted by Gasteiger charge is 2.22. The third-order valence-corrected chi connectivity index (χ3v) is 3.53. The van der Waals surface area contributed by atoms with Crippen molar-refractivity contribution < 1.29 is 14.0 Å². The molecule has 19 heavy (non-hydrogen) atoms. The van der Waals surface area contributed by atoms with E-state index in [0.29, 0.717) is 5.47 Å². The summed E-state index contributed by atoms with van der Waals surface area (Å²) in [6, 6.07) is 10.1. The Hall–Kier alpha value is -0.665. The predicted octanol–water partition coefficient (Wildman–Crippen LogP) is 2.51. The lowest BCUT2D eigenvalue weighted by Gasteiger charge is -2.26. The summed E-state index contributed by atoms with van der Waals surface area (Å²) in [4.78, 5) is 0. The van der Waals surface area contributed by atoms with Crippen LogP contribution in [0.15, 0.2) is 41.6 Å². The number of rotatable bonds is 8. The summed E-state index contributed by atoms with van der Waals surface area (Å²) >= 11 is 0. The molecular formula is C14H20BO3P. The minimum absolute atomic E-state index is 0.120. The van der Waals surface area contributed by atoms with Crippen molar-refractivity contribution in [2.75, 3.05) is 21.3 Å². The van der Waals surface area contributed by atoms with E-state index >= 15 is 0 Å². The van der Waals surface area contributed by atoms with Crippen LogP contribution in [0.4, 0.5) is 0 Å². The van der Waals surface area contributed by atoms with E-state index in [9.17, 15) is 0 Å². The zero-order chi connectivity index (χ0) is 14.1. The van der Waals surface area contributed by atoms with Crippen LogP contribution >= 0.6 is 8.81 Å². The standard InChI is InChI=1S/C14H20BO3P/c1-16-13(9-11-7-5-4-6-8-11)14(17-2)12(15)10-19-18-3/h4-8,10,13-14,19H,9H2,1-3H3/b12-10-/t13-,14?/m0/s1. The lowest BCUT2D eigenvalue weighted by atomic mass is 9.87. The van der Waals surface area contributed by atoms with E-state index < -0.39 is 0 Å². The van der Waals surface area contributed by atoms with Crippen LogP contribution < -0.4 is 0 Å². The molecule has 1 aromatic rings. The van der Waals surface area contributed by atoms with Crippen LogP contribution in [0.1, 0.15) is 5.56 Å². The molecule has 0 saturated carbocycles. The molecule has 0 bridgehead atoms. The topological polar surface area (TPSA) is 27.7 Å². The molecule has 0 N–H and O–H groups in total. The van der Waals surface area contributed by atoms with E-state index in [1.54, 1.807) is 21.3 Å². The first kappa shape index (κ1) is 16.4. The first-order valence-electron chi connectivity index (χ1n) is 6.06. The Balaban J connectivity index is 2.75. The fraction of sp³-hybridized carbons (Fsp3) is 0.429. The maximum Gasteiger partial charge on any atom is 0.111 e. The Morgan fingerprint density at radius 2 is 1.89 bits per heavy atom. The van der Waals surface area contributed by atoms with Gasteiger partial charge in [-0.3, -0.25) is 0 Å². The van der Waals surface area contributed by atoms with Crippen LogP contribution in [0.2, 0.25) is 0 Å². The Kier molecular flexibility index (Phi) is 8.00. The van der Waals surface area contributed by atoms with Crippen molar-refractivity contribution in [3.63, 3.8) is 0 Å². The molecule has 0 fully saturated rings. The number of hydrogen-bond donors (Lipinski definition) is 0. The number of ether oxygens (including phenoxy) is 2. The van der Waals surface area contributed by atoms with Crippen LogP contribution in [0, 0.1) is 0 Å². The van der Waals surface area contributed by atoms with Crippen LogP contribution in [-0.2, 0) is 20.4 Å². The number of methoxy groups -OCH3 is 2. The fourth-order valence-corrected chi connectivity index (χ4v) is 2.29. The van der Waals surface area contributed by atoms with E-state index in [1.807, 2.05) is 24.0 Å². The monoisotopic (exact) mass is 278 g/mol. The third-order valence-electron chi connectivity index (χ3n) is 2.85. The Labute approximate surface area is 118 Å². The van der Waals surface area contributed by atoms with Gasteiger partial charge in [0, 0.05) is 36.6 Å². The van der Waals surface area contributed by atoms with E-state index in [4.69, 9.17) is 21.8 Å². The Morgan fingerprint density at radius 3 is 2.42 bits per heavy atom. The van der Waals surface area contributed by atoms with Gasteiger partial charge in [-0.2, -0.15) is 0 Å². The minimum Gasteiger partial charge on any atom is -0.378 e. The molecule has 0 aromatic heterocycles. The highest BCUT2D eigenvalue weighted by Crippen LogP contribution is 2.21. The van der Waals surface area contributed by atoms with Gasteiger partial charge in [-0.05, 0) is 11.4 Å². The summed E-state index contributed by atoms with van der Waals surface area (Å²) < 4.78 is 16.0. The van der Waals surface area contributed by atoms with Gasteiger partial charge in [0.15, 0.2) is 0 Å². The molecule has 0 aliphatic carbocycles. The summed E-state index contributed by atoms with van der Waals surface area (Å²) in [5, 5.41) is 0. The fourth-order valence-electron chi connectivity index (χ4n) is 1.87. The van der Waals surface area contributed by atoms with Crippen LogP contribution in [0.25, 0.3) is 0 Å². The van der Waals surface area contributed by atoms with Crippen molar-refractivity contribution in [3.05, 3.63) is 47.2 Å². The number of benzene rings is 1. The van der Waals surface area contributed by atoms with E-state index in [-0.39, 0.29) is 21.0 Å². The second-order valence-corrected chi connectivity index (χ2v) is 5.02. The zero-order valence-electron chi connectivity index (χ0n) is 11.6. The van der Waals surface area contributed by atoms with Gasteiger partial charge in [-0.25, -0.2) is 0 Å². The van der Waals surface area contributed by atoms with Crippen LogP contribution in [0.5, 0.6) is 0 Å². The molecule has 0 aliphatic heterocycles. The highest BCUT2D eigenvalue weighted by molar-refractivity contribution is 7.36. The van der Waals surface area contributed by atoms with Crippen molar-refractivity contribution in [3.8, 4) is 0 Å². The van der Waals surface area contributed by atoms with E-state index in [2.05, 4.69) is 12.1 Å². The van der Waals surface area contributed by atoms with Gasteiger partial charge in [0.25, 0.3) is 0 Å². The molecule has 0 spiro atoms. The lowest BCUT2D eigenvalue weighted by molar-refractivity contribution is -0.0128. The van der Waals surface area contributed by atoms with Crippen LogP contribution in [0.3, 0.4) is 0 Å². The molecule has 2 unspecified atom stereocenters. The quantitative estimate of drug-likeness (QED) is 0.540. The van der Waals surface area contributed by atoms with Crippen molar-refractivity contribution in [1.29, 1.82) is 0 Å². The van der Waals surface area contributed by atoms with Crippen molar-refractivity contribution in [1.82, 2.24) is 0 Å². The van der Waals surface area contributed by atoms with Gasteiger partial charge < -0.3 is 14.0 Å². The summed E-state index contributed by atoms with van der Waals surface area (Å²) in [7, 11) is 11.2. The van der Waals surface area contributed by atoms with Crippen molar-refractivity contribution in [2.45, 2.75) is 18.6 Å².